The van der Waals surface area contributed by atoms with E-state index in [9.17, 15) is 24.3 Å². The standard InChI is InChI=1S/C30H39N5O6/c1-16(2)26-28(38)31-17(3)29(39)35-14-6-7-24(34-35)30(40)41-19(5)23-13-11-21-10-8-20(15-25(21)32-23)9-12-22(18(4)36)27(37)33-26/h8-13,15-19,22,24,26,34,36H,6-7,14H2,1-5H3,(H,31,38)(H,33,37)/b12-9+/t17-,18+,19+,22+,24-,26?/m0/s1. The van der Waals surface area contributed by atoms with Crippen molar-refractivity contribution in [1.82, 2.24) is 26.1 Å². The van der Waals surface area contributed by atoms with Crippen LogP contribution >= 0.6 is 0 Å². The molecule has 11 nitrogen and oxygen atoms in total. The fraction of sp³-hybridized carbons (Fsp3) is 0.500. The molecule has 3 amide bonds. The van der Waals surface area contributed by atoms with Gasteiger partial charge in [-0.25, -0.2) is 10.4 Å². The van der Waals surface area contributed by atoms with Crippen LogP contribution in [0.4, 0.5) is 0 Å². The summed E-state index contributed by atoms with van der Waals surface area (Å²) in [4.78, 5) is 57.4. The second-order valence-electron chi connectivity index (χ2n) is 11.2. The Morgan fingerprint density at radius 1 is 1.02 bits per heavy atom. The Balaban J connectivity index is 1.71. The molecule has 0 radical (unpaired) electrons. The zero-order valence-corrected chi connectivity index (χ0v) is 24.1. The van der Waals surface area contributed by atoms with Crippen molar-refractivity contribution in [3.63, 3.8) is 0 Å². The largest absolute Gasteiger partial charge is 0.455 e. The van der Waals surface area contributed by atoms with Gasteiger partial charge < -0.3 is 20.5 Å². The summed E-state index contributed by atoms with van der Waals surface area (Å²) in [6, 6.07) is 6.72. The van der Waals surface area contributed by atoms with Crippen molar-refractivity contribution < 1.29 is 29.0 Å². The van der Waals surface area contributed by atoms with Crippen LogP contribution in [0.5, 0.6) is 0 Å². The van der Waals surface area contributed by atoms with Gasteiger partial charge in [-0.15, -0.1) is 0 Å². The highest BCUT2D eigenvalue weighted by molar-refractivity contribution is 5.93. The van der Waals surface area contributed by atoms with Gasteiger partial charge in [-0.1, -0.05) is 44.2 Å². The SMILES string of the molecule is CC(C)C1NC(=O)[C@@H]([C@@H](C)O)/C=C/c2ccc3ccc(nc3c2)[C@@H](C)OC(=O)[C@@H]2CCCN(N2)C(=O)[C@H](C)NC1=O. The number of hydrazine groups is 1. The van der Waals surface area contributed by atoms with Crippen molar-refractivity contribution in [2.45, 2.75) is 77.8 Å². The molecule has 2 aromatic rings. The second kappa shape index (κ2) is 12.8. The number of carbonyl (C=O) groups is 4. The van der Waals surface area contributed by atoms with Crippen molar-refractivity contribution in [3.8, 4) is 0 Å². The minimum atomic E-state index is -1.02. The maximum absolute atomic E-state index is 13.3. The molecule has 1 fully saturated rings. The Hall–Kier alpha value is -3.83. The van der Waals surface area contributed by atoms with Gasteiger partial charge in [-0.05, 0) is 57.2 Å². The first-order valence-corrected chi connectivity index (χ1v) is 14.1. The van der Waals surface area contributed by atoms with Gasteiger partial charge in [0.2, 0.25) is 11.8 Å². The summed E-state index contributed by atoms with van der Waals surface area (Å²) in [5.74, 6) is -3.17. The number of amides is 3. The number of cyclic esters (lactones) is 1. The van der Waals surface area contributed by atoms with Crippen LogP contribution in [-0.4, -0.2) is 69.6 Å². The van der Waals surface area contributed by atoms with Crippen molar-refractivity contribution in [1.29, 1.82) is 0 Å². The van der Waals surface area contributed by atoms with Gasteiger partial charge in [0.05, 0.1) is 23.2 Å². The van der Waals surface area contributed by atoms with Crippen molar-refractivity contribution in [2.24, 2.45) is 11.8 Å². The average molecular weight is 566 g/mol. The third-order valence-electron chi connectivity index (χ3n) is 7.48. The third-order valence-corrected chi connectivity index (χ3v) is 7.48. The average Bonchev–Trinajstić information content (AvgIpc) is 2.94. The zero-order chi connectivity index (χ0) is 29.8. The first-order chi connectivity index (χ1) is 19.4. The van der Waals surface area contributed by atoms with Gasteiger partial charge in [0.1, 0.15) is 24.2 Å². The van der Waals surface area contributed by atoms with E-state index in [2.05, 4.69) is 16.1 Å². The van der Waals surface area contributed by atoms with Gasteiger partial charge in [0, 0.05) is 11.9 Å². The summed E-state index contributed by atoms with van der Waals surface area (Å²) in [6.07, 6.45) is 2.72. The molecule has 41 heavy (non-hydrogen) atoms. The molecule has 2 aliphatic heterocycles. The number of benzene rings is 1. The summed E-state index contributed by atoms with van der Waals surface area (Å²) >= 11 is 0. The van der Waals surface area contributed by atoms with E-state index in [1.165, 1.54) is 11.9 Å². The molecule has 1 aromatic heterocycles. The topological polar surface area (TPSA) is 150 Å². The molecule has 0 spiro atoms. The molecule has 2 aliphatic rings. The first kappa shape index (κ1) is 30.1. The fourth-order valence-electron chi connectivity index (χ4n) is 4.98. The van der Waals surface area contributed by atoms with E-state index in [1.54, 1.807) is 45.9 Å². The molecular formula is C30H39N5O6. The molecule has 1 saturated heterocycles. The zero-order valence-electron chi connectivity index (χ0n) is 24.1. The minimum Gasteiger partial charge on any atom is -0.455 e. The summed E-state index contributed by atoms with van der Waals surface area (Å²) in [5, 5.41) is 18.1. The Morgan fingerprint density at radius 3 is 2.46 bits per heavy atom. The Kier molecular flexibility index (Phi) is 9.39. The highest BCUT2D eigenvalue weighted by atomic mass is 16.5. The third kappa shape index (κ3) is 7.09. The lowest BCUT2D eigenvalue weighted by Crippen LogP contribution is -2.61. The monoisotopic (exact) mass is 565 g/mol. The van der Waals surface area contributed by atoms with Gasteiger partial charge in [-0.2, -0.15) is 0 Å². The highest BCUT2D eigenvalue weighted by Crippen LogP contribution is 2.23. The van der Waals surface area contributed by atoms with Gasteiger partial charge in [0.25, 0.3) is 5.91 Å². The van der Waals surface area contributed by atoms with E-state index in [1.807, 2.05) is 24.3 Å². The van der Waals surface area contributed by atoms with Crippen LogP contribution < -0.4 is 16.1 Å². The number of pyridine rings is 1. The summed E-state index contributed by atoms with van der Waals surface area (Å²) in [7, 11) is 0. The number of hydrogen-bond donors (Lipinski definition) is 4. The van der Waals surface area contributed by atoms with E-state index in [0.717, 1.165) is 10.9 Å². The lowest BCUT2D eigenvalue weighted by Gasteiger charge is -2.35. The molecule has 5 bridgehead atoms. The van der Waals surface area contributed by atoms with Crippen LogP contribution in [0.3, 0.4) is 0 Å². The second-order valence-corrected chi connectivity index (χ2v) is 11.2. The molecule has 1 unspecified atom stereocenters. The molecule has 3 heterocycles. The van der Waals surface area contributed by atoms with Crippen LogP contribution in [0.25, 0.3) is 17.0 Å². The van der Waals surface area contributed by atoms with Crippen LogP contribution in [0, 0.1) is 11.8 Å². The molecule has 11 heteroatoms. The van der Waals surface area contributed by atoms with E-state index >= 15 is 0 Å². The highest BCUT2D eigenvalue weighted by Gasteiger charge is 2.34. The van der Waals surface area contributed by atoms with E-state index in [0.29, 0.717) is 30.6 Å². The summed E-state index contributed by atoms with van der Waals surface area (Å²) in [6.45, 7) is 8.73. The fourth-order valence-corrected chi connectivity index (χ4v) is 4.98. The molecule has 4 rings (SSSR count). The van der Waals surface area contributed by atoms with E-state index in [4.69, 9.17) is 9.72 Å². The van der Waals surface area contributed by atoms with Crippen molar-refractivity contribution in [3.05, 3.63) is 47.7 Å². The van der Waals surface area contributed by atoms with Gasteiger partial charge in [-0.3, -0.25) is 24.2 Å². The van der Waals surface area contributed by atoms with Crippen LogP contribution in [0.1, 0.15) is 64.8 Å². The smallest absolute Gasteiger partial charge is 0.325 e. The number of hydrogen-bond acceptors (Lipinski definition) is 8. The molecular weight excluding hydrogens is 526 g/mol. The number of nitrogens with one attached hydrogen (secondary N) is 3. The number of esters is 1. The minimum absolute atomic E-state index is 0.295. The summed E-state index contributed by atoms with van der Waals surface area (Å²) < 4.78 is 5.73. The number of carbonyl (C=O) groups excluding carboxylic acids is 4. The number of nitrogens with zero attached hydrogens (tertiary/aromatic N) is 2. The van der Waals surface area contributed by atoms with Gasteiger partial charge in [0.15, 0.2) is 0 Å². The Bertz CT molecular complexity index is 1340. The van der Waals surface area contributed by atoms with Crippen molar-refractivity contribution in [2.75, 3.05) is 6.54 Å². The van der Waals surface area contributed by atoms with Gasteiger partial charge >= 0.3 is 5.97 Å². The lowest BCUT2D eigenvalue weighted by molar-refractivity contribution is -0.157. The maximum Gasteiger partial charge on any atom is 0.325 e. The number of fused-ring (bicyclic) bond motifs is 4. The number of aliphatic hydroxyl groups excluding tert-OH is 1. The number of aliphatic hydroxyl groups is 1. The number of rotatable bonds is 2. The van der Waals surface area contributed by atoms with Crippen LogP contribution in [0.15, 0.2) is 36.4 Å². The normalized spacial score (nSPS) is 28.2. The van der Waals surface area contributed by atoms with Crippen LogP contribution in [-0.2, 0) is 23.9 Å². The van der Waals surface area contributed by atoms with Crippen LogP contribution in [0.2, 0.25) is 0 Å². The van der Waals surface area contributed by atoms with Crippen molar-refractivity contribution >= 4 is 40.7 Å². The molecule has 6 atom stereocenters. The maximum atomic E-state index is 13.3. The quantitative estimate of drug-likeness (QED) is 0.404. The van der Waals surface area contributed by atoms with E-state index in [-0.39, 0.29) is 5.92 Å². The predicted octanol–water partition coefficient (Wildman–Crippen LogP) is 2.00. The number of ether oxygens (including phenoxy) is 1. The molecule has 4 N–H and O–H groups in total. The first-order valence-electron chi connectivity index (χ1n) is 14.1. The molecule has 0 aliphatic carbocycles. The Morgan fingerprint density at radius 2 is 1.76 bits per heavy atom. The predicted molar refractivity (Wildman–Crippen MR) is 153 cm³/mol. The molecule has 1 aromatic carbocycles. The molecule has 0 saturated carbocycles. The number of aromatic nitrogens is 1. The molecule has 220 valence electrons. The lowest BCUT2D eigenvalue weighted by atomic mass is 9.97. The summed E-state index contributed by atoms with van der Waals surface area (Å²) in [5.41, 5.74) is 4.95. The van der Waals surface area contributed by atoms with E-state index < -0.39 is 59.9 Å². The Labute approximate surface area is 239 Å².